The fourth-order valence-corrected chi connectivity index (χ4v) is 1.73. The molecule has 0 spiro atoms. The molecule has 1 aliphatic rings. The van der Waals surface area contributed by atoms with E-state index >= 15 is 0 Å². The van der Waals surface area contributed by atoms with Crippen LogP contribution in [0.25, 0.3) is 0 Å². The smallest absolute Gasteiger partial charge is 0.307 e. The summed E-state index contributed by atoms with van der Waals surface area (Å²) in [7, 11) is 1.35. The van der Waals surface area contributed by atoms with Gasteiger partial charge in [-0.3, -0.25) is 4.79 Å². The second kappa shape index (κ2) is 5.44. The van der Waals surface area contributed by atoms with Gasteiger partial charge in [-0.1, -0.05) is 6.92 Å². The van der Waals surface area contributed by atoms with Crippen molar-refractivity contribution in [3.8, 4) is 0 Å². The minimum Gasteiger partial charge on any atom is -0.469 e. The monoisotopic (exact) mass is 217 g/mol. The molecule has 1 atom stereocenters. The van der Waals surface area contributed by atoms with Crippen LogP contribution in [0.1, 0.15) is 26.2 Å². The molecule has 1 rings (SSSR count). The van der Waals surface area contributed by atoms with E-state index < -0.39 is 5.79 Å². The lowest BCUT2D eigenvalue weighted by molar-refractivity contribution is -0.168. The van der Waals surface area contributed by atoms with E-state index in [4.69, 9.17) is 15.2 Å². The molecule has 0 saturated carbocycles. The van der Waals surface area contributed by atoms with Gasteiger partial charge in [0.2, 0.25) is 0 Å². The summed E-state index contributed by atoms with van der Waals surface area (Å²) >= 11 is 0. The lowest BCUT2D eigenvalue weighted by atomic mass is 10.0. The highest BCUT2D eigenvalue weighted by Crippen LogP contribution is 2.28. The summed E-state index contributed by atoms with van der Waals surface area (Å²) in [5.74, 6) is -0.889. The number of methoxy groups -OCH3 is 1. The van der Waals surface area contributed by atoms with Gasteiger partial charge in [0.15, 0.2) is 5.79 Å². The topological polar surface area (TPSA) is 70.8 Å². The average Bonchev–Trinajstić information content (AvgIpc) is 2.66. The van der Waals surface area contributed by atoms with Gasteiger partial charge < -0.3 is 19.9 Å². The minimum absolute atomic E-state index is 0.199. The summed E-state index contributed by atoms with van der Waals surface area (Å²) in [6, 6.07) is -0.282. The predicted octanol–water partition coefficient (Wildman–Crippen LogP) is 0.420. The first-order chi connectivity index (χ1) is 7.12. The molecule has 0 aromatic carbocycles. The van der Waals surface area contributed by atoms with E-state index in [-0.39, 0.29) is 18.4 Å². The Labute approximate surface area is 89.9 Å². The van der Waals surface area contributed by atoms with E-state index in [1.807, 2.05) is 6.92 Å². The Balaban J connectivity index is 2.41. The average molecular weight is 217 g/mol. The van der Waals surface area contributed by atoms with Gasteiger partial charge in [0, 0.05) is 12.5 Å². The maximum absolute atomic E-state index is 11.0. The second-order valence-corrected chi connectivity index (χ2v) is 3.71. The summed E-state index contributed by atoms with van der Waals surface area (Å²) in [4.78, 5) is 11.0. The maximum Gasteiger partial charge on any atom is 0.307 e. The highest BCUT2D eigenvalue weighted by molar-refractivity contribution is 5.69. The van der Waals surface area contributed by atoms with Gasteiger partial charge in [0.25, 0.3) is 0 Å². The number of rotatable bonds is 5. The van der Waals surface area contributed by atoms with Crippen LogP contribution in [0.3, 0.4) is 0 Å². The van der Waals surface area contributed by atoms with E-state index in [0.29, 0.717) is 19.6 Å². The molecular weight excluding hydrogens is 198 g/mol. The molecule has 15 heavy (non-hydrogen) atoms. The first-order valence-electron chi connectivity index (χ1n) is 5.22. The van der Waals surface area contributed by atoms with Crippen LogP contribution in [-0.4, -0.2) is 38.1 Å². The standard InChI is InChI=1S/C10H19NO4/c1-3-10(14-4-5-15-10)7-8(11)6-9(12)13-2/h8H,3-7,11H2,1-2H3/t8-/m0/s1. The van der Waals surface area contributed by atoms with Gasteiger partial charge in [0.1, 0.15) is 0 Å². The molecule has 0 aromatic rings. The van der Waals surface area contributed by atoms with Crippen LogP contribution in [0.5, 0.6) is 0 Å². The molecule has 0 unspecified atom stereocenters. The zero-order valence-corrected chi connectivity index (χ0v) is 9.32. The van der Waals surface area contributed by atoms with Crippen molar-refractivity contribution in [3.63, 3.8) is 0 Å². The third-order valence-electron chi connectivity index (χ3n) is 2.58. The van der Waals surface area contributed by atoms with Gasteiger partial charge in [0.05, 0.1) is 26.7 Å². The van der Waals surface area contributed by atoms with E-state index in [1.165, 1.54) is 7.11 Å². The summed E-state index contributed by atoms with van der Waals surface area (Å²) in [5, 5.41) is 0. The first kappa shape index (κ1) is 12.4. The normalized spacial score (nSPS) is 21.3. The molecular formula is C10H19NO4. The Kier molecular flexibility index (Phi) is 4.50. The van der Waals surface area contributed by atoms with Gasteiger partial charge in [-0.2, -0.15) is 0 Å². The summed E-state index contributed by atoms with van der Waals surface area (Å²) in [6.45, 7) is 3.17. The predicted molar refractivity (Wildman–Crippen MR) is 54.2 cm³/mol. The molecule has 1 fully saturated rings. The molecule has 2 N–H and O–H groups in total. The maximum atomic E-state index is 11.0. The van der Waals surface area contributed by atoms with Crippen LogP contribution in [0.4, 0.5) is 0 Å². The minimum atomic E-state index is -0.590. The Morgan fingerprint density at radius 3 is 2.60 bits per heavy atom. The van der Waals surface area contributed by atoms with Crippen molar-refractivity contribution in [1.29, 1.82) is 0 Å². The quantitative estimate of drug-likeness (QED) is 0.676. The Hall–Kier alpha value is -0.650. The number of nitrogens with two attached hydrogens (primary N) is 1. The van der Waals surface area contributed by atoms with Crippen LogP contribution in [0.2, 0.25) is 0 Å². The highest BCUT2D eigenvalue weighted by atomic mass is 16.7. The summed E-state index contributed by atoms with van der Waals surface area (Å²) in [5.41, 5.74) is 5.83. The summed E-state index contributed by atoms with van der Waals surface area (Å²) < 4.78 is 15.6. The molecule has 88 valence electrons. The molecule has 0 aliphatic carbocycles. The third kappa shape index (κ3) is 3.44. The number of ether oxygens (including phenoxy) is 3. The van der Waals surface area contributed by atoms with Crippen LogP contribution in [0, 0.1) is 0 Å². The zero-order chi connectivity index (χ0) is 11.3. The van der Waals surface area contributed by atoms with Crippen molar-refractivity contribution < 1.29 is 19.0 Å². The lowest BCUT2D eigenvalue weighted by Crippen LogP contribution is -2.38. The van der Waals surface area contributed by atoms with Crippen molar-refractivity contribution in [3.05, 3.63) is 0 Å². The molecule has 0 radical (unpaired) electrons. The Bertz CT molecular complexity index is 213. The van der Waals surface area contributed by atoms with Gasteiger partial charge >= 0.3 is 5.97 Å². The fourth-order valence-electron chi connectivity index (χ4n) is 1.73. The third-order valence-corrected chi connectivity index (χ3v) is 2.58. The molecule has 0 amide bonds. The zero-order valence-electron chi connectivity index (χ0n) is 9.32. The van der Waals surface area contributed by atoms with Gasteiger partial charge in [-0.15, -0.1) is 0 Å². The molecule has 1 aliphatic heterocycles. The molecule has 5 nitrogen and oxygen atoms in total. The number of carbonyl (C=O) groups excluding carboxylic acids is 1. The second-order valence-electron chi connectivity index (χ2n) is 3.71. The van der Waals surface area contributed by atoms with Crippen molar-refractivity contribution in [2.45, 2.75) is 38.0 Å². The highest BCUT2D eigenvalue weighted by Gasteiger charge is 2.36. The Morgan fingerprint density at radius 2 is 2.13 bits per heavy atom. The van der Waals surface area contributed by atoms with Crippen molar-refractivity contribution in [2.24, 2.45) is 5.73 Å². The van der Waals surface area contributed by atoms with Gasteiger partial charge in [-0.05, 0) is 6.42 Å². The van der Waals surface area contributed by atoms with Crippen LogP contribution in [-0.2, 0) is 19.0 Å². The van der Waals surface area contributed by atoms with E-state index in [2.05, 4.69) is 4.74 Å². The van der Waals surface area contributed by atoms with E-state index in [1.54, 1.807) is 0 Å². The van der Waals surface area contributed by atoms with Crippen LogP contribution in [0.15, 0.2) is 0 Å². The van der Waals surface area contributed by atoms with Crippen LogP contribution < -0.4 is 5.73 Å². The molecule has 0 aromatic heterocycles. The number of esters is 1. The first-order valence-corrected chi connectivity index (χ1v) is 5.22. The SMILES string of the molecule is CCC1(C[C@@H](N)CC(=O)OC)OCCO1. The van der Waals surface area contributed by atoms with E-state index in [0.717, 1.165) is 6.42 Å². The molecule has 0 bridgehead atoms. The van der Waals surface area contributed by atoms with Crippen molar-refractivity contribution in [2.75, 3.05) is 20.3 Å². The molecule has 5 heteroatoms. The van der Waals surface area contributed by atoms with E-state index in [9.17, 15) is 4.79 Å². The Morgan fingerprint density at radius 1 is 1.53 bits per heavy atom. The van der Waals surface area contributed by atoms with Crippen molar-refractivity contribution >= 4 is 5.97 Å². The van der Waals surface area contributed by atoms with Gasteiger partial charge in [-0.25, -0.2) is 0 Å². The number of carbonyl (C=O) groups is 1. The summed E-state index contributed by atoms with van der Waals surface area (Å²) in [6.07, 6.45) is 1.46. The largest absolute Gasteiger partial charge is 0.469 e. The fraction of sp³-hybridized carbons (Fsp3) is 0.900. The van der Waals surface area contributed by atoms with Crippen molar-refractivity contribution in [1.82, 2.24) is 0 Å². The lowest BCUT2D eigenvalue weighted by Gasteiger charge is -2.28. The molecule has 1 saturated heterocycles. The molecule has 1 heterocycles. The number of hydrogen-bond donors (Lipinski definition) is 1. The number of hydrogen-bond acceptors (Lipinski definition) is 5. The van der Waals surface area contributed by atoms with Crippen LogP contribution >= 0.6 is 0 Å².